The minimum Gasteiger partial charge on any atom is -0.353 e. The molecule has 0 atom stereocenters. The van der Waals surface area contributed by atoms with Gasteiger partial charge in [-0.05, 0) is 19.8 Å². The highest BCUT2D eigenvalue weighted by Crippen LogP contribution is 2.17. The Kier molecular flexibility index (Phi) is 5.60. The lowest BCUT2D eigenvalue weighted by molar-refractivity contribution is 0.410. The molecule has 0 bridgehead atoms. The first-order valence-corrected chi connectivity index (χ1v) is 7.84. The zero-order valence-electron chi connectivity index (χ0n) is 11.5. The van der Waals surface area contributed by atoms with Gasteiger partial charge < -0.3 is 5.32 Å². The van der Waals surface area contributed by atoms with Crippen LogP contribution in [0.4, 0.5) is 0 Å². The highest BCUT2D eigenvalue weighted by molar-refractivity contribution is 7.09. The van der Waals surface area contributed by atoms with E-state index in [0.717, 1.165) is 17.1 Å². The van der Waals surface area contributed by atoms with Crippen LogP contribution in [0, 0.1) is 6.92 Å². The van der Waals surface area contributed by atoms with Gasteiger partial charge in [0, 0.05) is 30.1 Å². The average molecular weight is 281 g/mol. The third-order valence-corrected chi connectivity index (χ3v) is 4.37. The molecule has 1 aliphatic carbocycles. The molecule has 106 valence electrons. The normalized spacial score (nSPS) is 17.5. The Balaban J connectivity index is 1.77. The van der Waals surface area contributed by atoms with Crippen LogP contribution in [0.2, 0.25) is 0 Å². The van der Waals surface area contributed by atoms with Crippen molar-refractivity contribution in [2.75, 3.05) is 6.54 Å². The van der Waals surface area contributed by atoms with Crippen LogP contribution in [0.3, 0.4) is 0 Å². The van der Waals surface area contributed by atoms with Gasteiger partial charge in [0.1, 0.15) is 0 Å². The van der Waals surface area contributed by atoms with Gasteiger partial charge >= 0.3 is 0 Å². The average Bonchev–Trinajstić information content (AvgIpc) is 2.84. The molecule has 1 fully saturated rings. The van der Waals surface area contributed by atoms with Crippen molar-refractivity contribution in [1.29, 1.82) is 0 Å². The fourth-order valence-corrected chi connectivity index (χ4v) is 3.12. The van der Waals surface area contributed by atoms with Gasteiger partial charge in [-0.3, -0.25) is 10.4 Å². The van der Waals surface area contributed by atoms with Crippen LogP contribution in [0.1, 0.15) is 42.8 Å². The summed E-state index contributed by atoms with van der Waals surface area (Å²) in [6.07, 6.45) is 7.25. The van der Waals surface area contributed by atoms with Gasteiger partial charge in [0.25, 0.3) is 0 Å². The van der Waals surface area contributed by atoms with Crippen LogP contribution >= 0.6 is 11.3 Å². The molecule has 1 saturated carbocycles. The third kappa shape index (κ3) is 4.80. The fourth-order valence-electron chi connectivity index (χ4n) is 2.35. The van der Waals surface area contributed by atoms with Gasteiger partial charge in [0.2, 0.25) is 5.96 Å². The van der Waals surface area contributed by atoms with Crippen molar-refractivity contribution >= 4 is 17.3 Å². The number of hydrogen-bond acceptors (Lipinski definition) is 4. The number of guanidine groups is 1. The van der Waals surface area contributed by atoms with Crippen LogP contribution in [-0.4, -0.2) is 23.5 Å². The molecule has 1 heterocycles. The van der Waals surface area contributed by atoms with Gasteiger partial charge in [0.15, 0.2) is 0 Å². The molecule has 0 unspecified atom stereocenters. The highest BCUT2D eigenvalue weighted by atomic mass is 32.1. The molecule has 0 amide bonds. The summed E-state index contributed by atoms with van der Waals surface area (Å²) in [5.74, 6) is 6.23. The molecule has 1 aromatic rings. The quantitative estimate of drug-likeness (QED) is 0.340. The predicted octanol–water partition coefficient (Wildman–Crippen LogP) is 1.74. The Bertz CT molecular complexity index is 409. The maximum absolute atomic E-state index is 5.52. The summed E-state index contributed by atoms with van der Waals surface area (Å²) in [7, 11) is 0. The minimum absolute atomic E-state index is 0.519. The second-order valence-corrected chi connectivity index (χ2v) is 5.93. The van der Waals surface area contributed by atoms with Crippen molar-refractivity contribution in [1.82, 2.24) is 15.7 Å². The number of nitrogens with one attached hydrogen (secondary N) is 2. The number of aliphatic imine (C=N–C) groups is 1. The number of aryl methyl sites for hydroxylation is 1. The summed E-state index contributed by atoms with van der Waals surface area (Å²) in [6, 6.07) is 0.519. The number of thiazole rings is 1. The minimum atomic E-state index is 0.519. The summed E-state index contributed by atoms with van der Waals surface area (Å²) in [6.45, 7) is 2.73. The summed E-state index contributed by atoms with van der Waals surface area (Å²) < 4.78 is 0. The molecule has 4 N–H and O–H groups in total. The fraction of sp³-hybridized carbons (Fsp3) is 0.692. The monoisotopic (exact) mass is 281 g/mol. The smallest absolute Gasteiger partial charge is 0.205 e. The highest BCUT2D eigenvalue weighted by Gasteiger charge is 2.13. The topological polar surface area (TPSA) is 75.3 Å². The molecule has 0 saturated heterocycles. The van der Waals surface area contributed by atoms with Crippen molar-refractivity contribution in [2.45, 2.75) is 51.5 Å². The lowest BCUT2D eigenvalue weighted by Gasteiger charge is -2.24. The maximum Gasteiger partial charge on any atom is 0.205 e. The molecule has 1 aliphatic rings. The van der Waals surface area contributed by atoms with E-state index >= 15 is 0 Å². The van der Waals surface area contributed by atoms with E-state index in [9.17, 15) is 0 Å². The molecule has 5 nitrogen and oxygen atoms in total. The van der Waals surface area contributed by atoms with E-state index in [1.165, 1.54) is 32.1 Å². The van der Waals surface area contributed by atoms with Crippen molar-refractivity contribution in [3.63, 3.8) is 0 Å². The SMILES string of the molecule is Cc1csc(CCN=C(NN)NC2CCCCC2)n1. The zero-order valence-corrected chi connectivity index (χ0v) is 12.3. The maximum atomic E-state index is 5.52. The summed E-state index contributed by atoms with van der Waals surface area (Å²) in [4.78, 5) is 8.90. The van der Waals surface area contributed by atoms with E-state index in [1.807, 2.05) is 6.92 Å². The van der Waals surface area contributed by atoms with E-state index in [1.54, 1.807) is 11.3 Å². The van der Waals surface area contributed by atoms with E-state index in [4.69, 9.17) is 5.84 Å². The van der Waals surface area contributed by atoms with E-state index in [0.29, 0.717) is 18.5 Å². The van der Waals surface area contributed by atoms with E-state index in [2.05, 4.69) is 26.1 Å². The van der Waals surface area contributed by atoms with Crippen LogP contribution in [0.25, 0.3) is 0 Å². The van der Waals surface area contributed by atoms with Crippen molar-refractivity contribution in [2.24, 2.45) is 10.8 Å². The second-order valence-electron chi connectivity index (χ2n) is 4.99. The molecule has 0 aliphatic heterocycles. The molecule has 6 heteroatoms. The van der Waals surface area contributed by atoms with Gasteiger partial charge in [-0.15, -0.1) is 11.3 Å². The number of nitrogens with zero attached hydrogens (tertiary/aromatic N) is 2. The Morgan fingerprint density at radius 3 is 2.89 bits per heavy atom. The van der Waals surface area contributed by atoms with Crippen molar-refractivity contribution in [3.8, 4) is 0 Å². The molecule has 1 aromatic heterocycles. The predicted molar refractivity (Wildman–Crippen MR) is 80.2 cm³/mol. The first kappa shape index (κ1) is 14.3. The Hall–Kier alpha value is -1.14. The van der Waals surface area contributed by atoms with Crippen molar-refractivity contribution < 1.29 is 0 Å². The number of hydrazine groups is 1. The lowest BCUT2D eigenvalue weighted by atomic mass is 9.96. The van der Waals surface area contributed by atoms with Gasteiger partial charge in [-0.25, -0.2) is 10.8 Å². The van der Waals surface area contributed by atoms with Gasteiger partial charge in [-0.1, -0.05) is 19.3 Å². The zero-order chi connectivity index (χ0) is 13.5. The van der Waals surface area contributed by atoms with Crippen LogP contribution in [0.5, 0.6) is 0 Å². The second kappa shape index (κ2) is 7.45. The molecule has 0 aromatic carbocycles. The van der Waals surface area contributed by atoms with Crippen LogP contribution in [-0.2, 0) is 6.42 Å². The number of aromatic nitrogens is 1. The molecule has 0 radical (unpaired) electrons. The number of nitrogens with two attached hydrogens (primary N) is 1. The van der Waals surface area contributed by atoms with E-state index in [-0.39, 0.29) is 0 Å². The van der Waals surface area contributed by atoms with Crippen molar-refractivity contribution in [3.05, 3.63) is 16.1 Å². The Labute approximate surface area is 118 Å². The van der Waals surface area contributed by atoms with Crippen LogP contribution in [0.15, 0.2) is 10.4 Å². The number of rotatable bonds is 4. The first-order valence-electron chi connectivity index (χ1n) is 6.96. The number of hydrogen-bond donors (Lipinski definition) is 3. The van der Waals surface area contributed by atoms with Crippen LogP contribution < -0.4 is 16.6 Å². The standard InChI is InChI=1S/C13H23N5S/c1-10-9-19-12(16-10)7-8-15-13(18-14)17-11-5-3-2-4-6-11/h9,11H,2-8,14H2,1H3,(H2,15,17,18). The molecule has 19 heavy (non-hydrogen) atoms. The summed E-state index contributed by atoms with van der Waals surface area (Å²) >= 11 is 1.69. The van der Waals surface area contributed by atoms with Gasteiger partial charge in [-0.2, -0.15) is 0 Å². The van der Waals surface area contributed by atoms with Gasteiger partial charge in [0.05, 0.1) is 5.01 Å². The lowest BCUT2D eigenvalue weighted by Crippen LogP contribution is -2.47. The molecular formula is C13H23N5S. The Morgan fingerprint density at radius 1 is 1.47 bits per heavy atom. The molecule has 0 spiro atoms. The van der Waals surface area contributed by atoms with E-state index < -0.39 is 0 Å². The Morgan fingerprint density at radius 2 is 2.26 bits per heavy atom. The first-order chi connectivity index (χ1) is 9.28. The largest absolute Gasteiger partial charge is 0.353 e. The summed E-state index contributed by atoms with van der Waals surface area (Å²) in [5, 5.41) is 6.60. The summed E-state index contributed by atoms with van der Waals surface area (Å²) in [5.41, 5.74) is 3.75. The molecular weight excluding hydrogens is 258 g/mol. The third-order valence-electron chi connectivity index (χ3n) is 3.34. The molecule has 2 rings (SSSR count).